The summed E-state index contributed by atoms with van der Waals surface area (Å²) in [6.45, 7) is 6.70. The van der Waals surface area contributed by atoms with Gasteiger partial charge >= 0.3 is 0 Å². The van der Waals surface area contributed by atoms with E-state index in [1.54, 1.807) is 0 Å². The van der Waals surface area contributed by atoms with Crippen LogP contribution >= 0.6 is 9.24 Å². The summed E-state index contributed by atoms with van der Waals surface area (Å²) in [7, 11) is 5.21. The maximum absolute atomic E-state index is 2.95. The molecule has 2 heteroatoms. The van der Waals surface area contributed by atoms with Gasteiger partial charge in [-0.1, -0.05) is 39.8 Å². The standard InChI is InChI=1S/C8H19BP/c1-4-7(5-2)8(10)6-9-3/h7-8H,4-6,10H2,1-3H3. The number of rotatable bonds is 5. The molecule has 0 saturated carbocycles. The molecular weight excluding hydrogens is 138 g/mol. The molecule has 1 radical (unpaired) electrons. The molecule has 0 amide bonds. The Balaban J connectivity index is 3.53. The zero-order chi connectivity index (χ0) is 7.98. The van der Waals surface area contributed by atoms with Crippen molar-refractivity contribution in [2.45, 2.75) is 45.5 Å². The summed E-state index contributed by atoms with van der Waals surface area (Å²) >= 11 is 0. The van der Waals surface area contributed by atoms with Crippen LogP contribution in [0, 0.1) is 5.92 Å². The average molecular weight is 157 g/mol. The highest BCUT2D eigenvalue weighted by atomic mass is 31.0. The Labute approximate surface area is 68.6 Å². The van der Waals surface area contributed by atoms with Crippen LogP contribution < -0.4 is 0 Å². The highest BCUT2D eigenvalue weighted by Crippen LogP contribution is 2.23. The summed E-state index contributed by atoms with van der Waals surface area (Å²) in [5, 5.41) is 0. The molecule has 0 heterocycles. The first-order valence-corrected chi connectivity index (χ1v) is 4.96. The largest absolute Gasteiger partial charge is 0.135 e. The van der Waals surface area contributed by atoms with E-state index in [0.717, 1.165) is 11.6 Å². The SMILES string of the molecule is C[B]CC(P)C(CC)CC. The van der Waals surface area contributed by atoms with Crippen LogP contribution in [0.2, 0.25) is 13.1 Å². The second kappa shape index (κ2) is 6.22. The van der Waals surface area contributed by atoms with Crippen LogP contribution in [0.4, 0.5) is 0 Å². The molecule has 0 aliphatic carbocycles. The minimum atomic E-state index is 0.806. The van der Waals surface area contributed by atoms with Crippen molar-refractivity contribution in [1.82, 2.24) is 0 Å². The van der Waals surface area contributed by atoms with Crippen LogP contribution in [0.3, 0.4) is 0 Å². The van der Waals surface area contributed by atoms with Crippen molar-refractivity contribution in [3.63, 3.8) is 0 Å². The molecule has 59 valence electrons. The van der Waals surface area contributed by atoms with E-state index < -0.39 is 0 Å². The van der Waals surface area contributed by atoms with Gasteiger partial charge in [-0.05, 0) is 11.6 Å². The summed E-state index contributed by atoms with van der Waals surface area (Å²) in [5.74, 6) is 0.904. The molecule has 0 bridgehead atoms. The van der Waals surface area contributed by atoms with Crippen molar-refractivity contribution < 1.29 is 0 Å². The summed E-state index contributed by atoms with van der Waals surface area (Å²) in [6, 6.07) is 0. The second-order valence-corrected chi connectivity index (χ2v) is 3.74. The van der Waals surface area contributed by atoms with Crippen LogP contribution in [-0.4, -0.2) is 12.9 Å². The molecule has 0 spiro atoms. The molecule has 0 saturated heterocycles. The van der Waals surface area contributed by atoms with Gasteiger partial charge in [0.2, 0.25) is 0 Å². The Hall–Kier alpha value is 0.495. The van der Waals surface area contributed by atoms with Gasteiger partial charge in [-0.2, -0.15) is 0 Å². The van der Waals surface area contributed by atoms with Gasteiger partial charge < -0.3 is 0 Å². The van der Waals surface area contributed by atoms with Crippen molar-refractivity contribution >= 4 is 16.5 Å². The Morgan fingerprint density at radius 3 is 2.10 bits per heavy atom. The van der Waals surface area contributed by atoms with Gasteiger partial charge in [-0.15, -0.1) is 9.24 Å². The lowest BCUT2D eigenvalue weighted by atomic mass is 9.73. The van der Waals surface area contributed by atoms with E-state index in [4.69, 9.17) is 0 Å². The summed E-state index contributed by atoms with van der Waals surface area (Å²) in [4.78, 5) is 0. The van der Waals surface area contributed by atoms with Gasteiger partial charge in [-0.3, -0.25) is 0 Å². The van der Waals surface area contributed by atoms with Crippen LogP contribution in [-0.2, 0) is 0 Å². The highest BCUT2D eigenvalue weighted by Gasteiger charge is 2.11. The predicted octanol–water partition coefficient (Wildman–Crippen LogP) is 2.84. The zero-order valence-electron chi connectivity index (χ0n) is 7.43. The van der Waals surface area contributed by atoms with Crippen molar-refractivity contribution in [3.05, 3.63) is 0 Å². The molecule has 0 aliphatic rings. The van der Waals surface area contributed by atoms with Crippen molar-refractivity contribution in [2.24, 2.45) is 5.92 Å². The molecule has 0 nitrogen and oxygen atoms in total. The number of hydrogen-bond donors (Lipinski definition) is 0. The van der Waals surface area contributed by atoms with E-state index in [9.17, 15) is 0 Å². The Morgan fingerprint density at radius 2 is 1.80 bits per heavy atom. The first-order valence-electron chi connectivity index (χ1n) is 4.29. The fraction of sp³-hybridized carbons (Fsp3) is 1.00. The molecule has 0 aromatic heterocycles. The monoisotopic (exact) mass is 157 g/mol. The van der Waals surface area contributed by atoms with E-state index >= 15 is 0 Å². The molecule has 2 unspecified atom stereocenters. The predicted molar refractivity (Wildman–Crippen MR) is 54.0 cm³/mol. The summed E-state index contributed by atoms with van der Waals surface area (Å²) in [6.07, 6.45) is 3.88. The maximum Gasteiger partial charge on any atom is 0.106 e. The smallest absolute Gasteiger partial charge is 0.106 e. The Bertz CT molecular complexity index is 71.7. The van der Waals surface area contributed by atoms with E-state index in [1.807, 2.05) is 0 Å². The van der Waals surface area contributed by atoms with Crippen LogP contribution in [0.15, 0.2) is 0 Å². The zero-order valence-corrected chi connectivity index (χ0v) is 8.59. The van der Waals surface area contributed by atoms with E-state index in [2.05, 4.69) is 37.2 Å². The van der Waals surface area contributed by atoms with Gasteiger partial charge in [0, 0.05) is 0 Å². The van der Waals surface area contributed by atoms with Crippen LogP contribution in [0.5, 0.6) is 0 Å². The lowest BCUT2D eigenvalue weighted by Crippen LogP contribution is -2.13. The van der Waals surface area contributed by atoms with Gasteiger partial charge in [0.1, 0.15) is 7.28 Å². The van der Waals surface area contributed by atoms with Crippen LogP contribution in [0.1, 0.15) is 26.7 Å². The highest BCUT2D eigenvalue weighted by molar-refractivity contribution is 7.17. The molecule has 0 aliphatic heterocycles. The molecule has 0 rings (SSSR count). The molecule has 0 N–H and O–H groups in total. The molecule has 0 fully saturated rings. The first-order chi connectivity index (χ1) is 4.76. The molecule has 10 heavy (non-hydrogen) atoms. The normalized spacial score (nSPS) is 13.7. The second-order valence-electron chi connectivity index (χ2n) is 2.88. The quantitative estimate of drug-likeness (QED) is 0.425. The lowest BCUT2D eigenvalue weighted by Gasteiger charge is -2.19. The van der Waals surface area contributed by atoms with Gasteiger partial charge in [-0.25, -0.2) is 0 Å². The molecular formula is C8H19BP. The van der Waals surface area contributed by atoms with E-state index in [0.29, 0.717) is 0 Å². The van der Waals surface area contributed by atoms with Crippen molar-refractivity contribution in [3.8, 4) is 0 Å². The molecule has 0 aromatic carbocycles. The van der Waals surface area contributed by atoms with Crippen molar-refractivity contribution in [1.29, 1.82) is 0 Å². The summed E-state index contributed by atoms with van der Waals surface area (Å²) < 4.78 is 0. The third kappa shape index (κ3) is 3.61. The van der Waals surface area contributed by atoms with Crippen LogP contribution in [0.25, 0.3) is 0 Å². The van der Waals surface area contributed by atoms with Gasteiger partial charge in [0.25, 0.3) is 0 Å². The Kier molecular flexibility index (Phi) is 6.53. The van der Waals surface area contributed by atoms with E-state index in [-0.39, 0.29) is 0 Å². The first kappa shape index (κ1) is 10.5. The molecule has 0 aromatic rings. The maximum atomic E-state index is 2.95. The third-order valence-corrected chi connectivity index (χ3v) is 2.98. The fourth-order valence-electron chi connectivity index (χ4n) is 1.36. The number of hydrogen-bond acceptors (Lipinski definition) is 0. The Morgan fingerprint density at radius 1 is 1.30 bits per heavy atom. The minimum Gasteiger partial charge on any atom is -0.135 e. The van der Waals surface area contributed by atoms with Gasteiger partial charge in [0.15, 0.2) is 0 Å². The molecule has 2 atom stereocenters. The average Bonchev–Trinajstić information content (AvgIpc) is 1.91. The minimum absolute atomic E-state index is 0.806. The summed E-state index contributed by atoms with van der Waals surface area (Å²) in [5.41, 5.74) is 0.806. The topological polar surface area (TPSA) is 0 Å². The van der Waals surface area contributed by atoms with E-state index in [1.165, 1.54) is 19.2 Å². The van der Waals surface area contributed by atoms with Gasteiger partial charge in [0.05, 0.1) is 0 Å². The third-order valence-electron chi connectivity index (χ3n) is 2.16. The lowest BCUT2D eigenvalue weighted by molar-refractivity contribution is 0.488. The van der Waals surface area contributed by atoms with Crippen molar-refractivity contribution in [2.75, 3.05) is 0 Å². The fourth-order valence-corrected chi connectivity index (χ4v) is 2.18.